The fourth-order valence-corrected chi connectivity index (χ4v) is 1.67. The van der Waals surface area contributed by atoms with E-state index in [2.05, 4.69) is 19.9 Å². The molecule has 0 radical (unpaired) electrons. The van der Waals surface area contributed by atoms with Gasteiger partial charge in [-0.05, 0) is 6.92 Å². The van der Waals surface area contributed by atoms with Gasteiger partial charge in [0.2, 0.25) is 0 Å². The highest BCUT2D eigenvalue weighted by Gasteiger charge is 2.07. The summed E-state index contributed by atoms with van der Waals surface area (Å²) < 4.78 is 5.06. The van der Waals surface area contributed by atoms with Crippen LogP contribution in [0.1, 0.15) is 17.2 Å². The molecule has 2 rings (SSSR count). The molecule has 1 N–H and O–H groups in total. The summed E-state index contributed by atoms with van der Waals surface area (Å²) in [7, 11) is 3.62. The minimum atomic E-state index is 0.489. The van der Waals surface area contributed by atoms with Crippen molar-refractivity contribution in [3.05, 3.63) is 35.8 Å². The third-order valence-electron chi connectivity index (χ3n) is 2.54. The van der Waals surface area contributed by atoms with Crippen molar-refractivity contribution in [3.63, 3.8) is 0 Å². The Morgan fingerprint density at radius 1 is 1.33 bits per heavy atom. The summed E-state index contributed by atoms with van der Waals surface area (Å²) in [5.74, 6) is 1.77. The Hall–Kier alpha value is -1.95. The lowest BCUT2D eigenvalue weighted by molar-refractivity contribution is 0.181. The first-order valence-corrected chi connectivity index (χ1v) is 5.70. The summed E-state index contributed by atoms with van der Waals surface area (Å²) in [6, 6.07) is 1.92. The van der Waals surface area contributed by atoms with E-state index in [-0.39, 0.29) is 0 Å². The van der Waals surface area contributed by atoms with Gasteiger partial charge in [-0.3, -0.25) is 0 Å². The van der Waals surface area contributed by atoms with Gasteiger partial charge in [-0.25, -0.2) is 15.0 Å². The quantitative estimate of drug-likeness (QED) is 0.862. The van der Waals surface area contributed by atoms with Crippen LogP contribution in [-0.4, -0.2) is 34.1 Å². The lowest BCUT2D eigenvalue weighted by Crippen LogP contribution is -2.19. The van der Waals surface area contributed by atoms with Crippen molar-refractivity contribution in [2.75, 3.05) is 19.1 Å². The molecule has 2 heterocycles. The van der Waals surface area contributed by atoms with Crippen molar-refractivity contribution in [2.24, 2.45) is 0 Å². The fourth-order valence-electron chi connectivity index (χ4n) is 1.67. The monoisotopic (exact) mass is 247 g/mol. The molecule has 2 aromatic rings. The molecule has 0 saturated heterocycles. The number of aromatic nitrogens is 4. The van der Waals surface area contributed by atoms with Crippen molar-refractivity contribution in [1.29, 1.82) is 0 Å². The number of rotatable bonds is 5. The third-order valence-corrected chi connectivity index (χ3v) is 2.54. The summed E-state index contributed by atoms with van der Waals surface area (Å²) in [6.07, 6.45) is 3.37. The number of aryl methyl sites for hydroxylation is 1. The third kappa shape index (κ3) is 3.04. The maximum absolute atomic E-state index is 5.06. The number of methoxy groups -OCH3 is 1. The summed E-state index contributed by atoms with van der Waals surface area (Å²) in [4.78, 5) is 17.9. The first-order valence-electron chi connectivity index (χ1n) is 5.70. The van der Waals surface area contributed by atoms with E-state index >= 15 is 0 Å². The lowest BCUT2D eigenvalue weighted by atomic mass is 10.4. The van der Waals surface area contributed by atoms with Gasteiger partial charge in [-0.15, -0.1) is 0 Å². The number of H-pyrrole nitrogens is 1. The van der Waals surface area contributed by atoms with Gasteiger partial charge in [0.25, 0.3) is 0 Å². The van der Waals surface area contributed by atoms with Gasteiger partial charge in [-0.1, -0.05) is 0 Å². The molecule has 0 amide bonds. The summed E-state index contributed by atoms with van der Waals surface area (Å²) in [6.45, 7) is 3.15. The largest absolute Gasteiger partial charge is 0.378 e. The van der Waals surface area contributed by atoms with Crippen LogP contribution in [0.2, 0.25) is 0 Å². The molecule has 0 saturated carbocycles. The highest BCUT2D eigenvalue weighted by atomic mass is 16.5. The van der Waals surface area contributed by atoms with Gasteiger partial charge in [0.05, 0.1) is 18.8 Å². The predicted molar refractivity (Wildman–Crippen MR) is 68.2 cm³/mol. The van der Waals surface area contributed by atoms with Crippen LogP contribution in [-0.2, 0) is 17.9 Å². The number of hydrogen-bond donors (Lipinski definition) is 1. The van der Waals surface area contributed by atoms with Crippen molar-refractivity contribution >= 4 is 5.82 Å². The first kappa shape index (κ1) is 12.5. The predicted octanol–water partition coefficient (Wildman–Crippen LogP) is 1.29. The van der Waals surface area contributed by atoms with Crippen LogP contribution in [0.4, 0.5) is 5.82 Å². The number of nitrogens with zero attached hydrogens (tertiary/aromatic N) is 4. The Bertz CT molecular complexity index is 511. The zero-order valence-corrected chi connectivity index (χ0v) is 10.8. The maximum atomic E-state index is 5.06. The second-order valence-corrected chi connectivity index (χ2v) is 4.17. The molecule has 0 aliphatic carbocycles. The molecule has 18 heavy (non-hydrogen) atoms. The summed E-state index contributed by atoms with van der Waals surface area (Å²) >= 11 is 0. The van der Waals surface area contributed by atoms with Crippen LogP contribution in [0, 0.1) is 6.92 Å². The Kier molecular flexibility index (Phi) is 3.88. The minimum absolute atomic E-state index is 0.489. The van der Waals surface area contributed by atoms with Gasteiger partial charge >= 0.3 is 0 Å². The molecule has 0 bridgehead atoms. The molecule has 0 aliphatic heterocycles. The second kappa shape index (κ2) is 5.59. The van der Waals surface area contributed by atoms with E-state index in [4.69, 9.17) is 4.74 Å². The van der Waals surface area contributed by atoms with Gasteiger partial charge in [0.15, 0.2) is 0 Å². The summed E-state index contributed by atoms with van der Waals surface area (Å²) in [5.41, 5.74) is 1.92. The van der Waals surface area contributed by atoms with Crippen LogP contribution in [0.15, 0.2) is 18.6 Å². The Morgan fingerprint density at radius 2 is 2.17 bits per heavy atom. The molecule has 6 nitrogen and oxygen atoms in total. The zero-order valence-electron chi connectivity index (χ0n) is 10.8. The Balaban J connectivity index is 2.08. The van der Waals surface area contributed by atoms with Crippen molar-refractivity contribution < 1.29 is 4.74 Å². The molecule has 0 fully saturated rings. The highest BCUT2D eigenvalue weighted by molar-refractivity contribution is 5.37. The van der Waals surface area contributed by atoms with Crippen LogP contribution >= 0.6 is 0 Å². The normalized spacial score (nSPS) is 10.6. The number of anilines is 1. The molecule has 96 valence electrons. The van der Waals surface area contributed by atoms with Crippen LogP contribution < -0.4 is 4.90 Å². The van der Waals surface area contributed by atoms with Gasteiger partial charge in [0, 0.05) is 32.1 Å². The van der Waals surface area contributed by atoms with Gasteiger partial charge < -0.3 is 14.6 Å². The maximum Gasteiger partial charge on any atom is 0.132 e. The number of nitrogens with one attached hydrogen (secondary N) is 1. The smallest absolute Gasteiger partial charge is 0.132 e. The number of aromatic amines is 1. The molecule has 6 heteroatoms. The number of ether oxygens (including phenoxy) is 1. The molecule has 0 aliphatic rings. The van der Waals surface area contributed by atoms with Crippen molar-refractivity contribution in [3.8, 4) is 0 Å². The highest BCUT2D eigenvalue weighted by Crippen LogP contribution is 2.12. The van der Waals surface area contributed by atoms with E-state index < -0.39 is 0 Å². The molecular formula is C12H17N5O. The SMILES string of the molecule is COCc1cc(N(C)Cc2ncc(C)[nH]2)ncn1. The second-order valence-electron chi connectivity index (χ2n) is 4.17. The average molecular weight is 247 g/mol. The average Bonchev–Trinajstić information content (AvgIpc) is 2.75. The van der Waals surface area contributed by atoms with E-state index in [9.17, 15) is 0 Å². The molecule has 0 unspecified atom stereocenters. The molecule has 0 aromatic carbocycles. The van der Waals surface area contributed by atoms with Gasteiger partial charge in [0.1, 0.15) is 18.0 Å². The molecular weight excluding hydrogens is 230 g/mol. The van der Waals surface area contributed by atoms with E-state index in [1.807, 2.05) is 31.1 Å². The standard InChI is InChI=1S/C12H17N5O/c1-9-5-13-11(16-9)6-17(2)12-4-10(7-18-3)14-8-15-12/h4-5,8H,6-7H2,1-3H3,(H,13,16). The number of imidazole rings is 1. The Labute approximate surface area is 106 Å². The van der Waals surface area contributed by atoms with Crippen molar-refractivity contribution in [2.45, 2.75) is 20.1 Å². The molecule has 0 atom stereocenters. The molecule has 0 spiro atoms. The number of hydrogen-bond acceptors (Lipinski definition) is 5. The first-order chi connectivity index (χ1) is 8.69. The van der Waals surface area contributed by atoms with E-state index in [0.717, 1.165) is 23.0 Å². The topological polar surface area (TPSA) is 66.9 Å². The lowest BCUT2D eigenvalue weighted by Gasteiger charge is -2.16. The zero-order chi connectivity index (χ0) is 13.0. The van der Waals surface area contributed by atoms with Crippen LogP contribution in [0.5, 0.6) is 0 Å². The minimum Gasteiger partial charge on any atom is -0.378 e. The Morgan fingerprint density at radius 3 is 2.83 bits per heavy atom. The van der Waals surface area contributed by atoms with Gasteiger partial charge in [-0.2, -0.15) is 0 Å². The van der Waals surface area contributed by atoms with E-state index in [1.54, 1.807) is 13.4 Å². The summed E-state index contributed by atoms with van der Waals surface area (Å²) in [5, 5.41) is 0. The van der Waals surface area contributed by atoms with Crippen molar-refractivity contribution in [1.82, 2.24) is 19.9 Å². The molecule has 2 aromatic heterocycles. The van der Waals surface area contributed by atoms with Crippen LogP contribution in [0.3, 0.4) is 0 Å². The fraction of sp³-hybridized carbons (Fsp3) is 0.417. The van der Waals surface area contributed by atoms with E-state index in [0.29, 0.717) is 13.2 Å². The van der Waals surface area contributed by atoms with E-state index in [1.165, 1.54) is 0 Å². The van der Waals surface area contributed by atoms with Crippen LogP contribution in [0.25, 0.3) is 0 Å².